The van der Waals surface area contributed by atoms with E-state index in [1.165, 1.54) is 4.90 Å². The van der Waals surface area contributed by atoms with Gasteiger partial charge in [-0.3, -0.25) is 14.5 Å². The number of carbonyl (C=O) groups is 3. The second kappa shape index (κ2) is 10.3. The van der Waals surface area contributed by atoms with Crippen molar-refractivity contribution in [1.82, 2.24) is 14.7 Å². The number of anilines is 1. The first kappa shape index (κ1) is 21.9. The normalized spacial score (nSPS) is 13.8. The Hall–Kier alpha value is -2.84. The molecule has 1 saturated heterocycles. The second-order valence-electron chi connectivity index (χ2n) is 7.37. The molecule has 0 saturated carbocycles. The Morgan fingerprint density at radius 2 is 1.70 bits per heavy atom. The molecule has 1 aliphatic heterocycles. The van der Waals surface area contributed by atoms with Crippen LogP contribution in [-0.4, -0.2) is 64.8 Å². The van der Waals surface area contributed by atoms with Crippen LogP contribution in [0.4, 0.5) is 15.3 Å². The van der Waals surface area contributed by atoms with E-state index in [1.807, 2.05) is 61.5 Å². The summed E-state index contributed by atoms with van der Waals surface area (Å²) in [5.74, 6) is 0.0387. The van der Waals surface area contributed by atoms with Crippen molar-refractivity contribution in [3.63, 3.8) is 0 Å². The first-order valence-corrected chi connectivity index (χ1v) is 10.7. The molecule has 1 fully saturated rings. The van der Waals surface area contributed by atoms with E-state index in [2.05, 4.69) is 5.32 Å². The van der Waals surface area contributed by atoms with Crippen molar-refractivity contribution in [1.29, 1.82) is 0 Å². The number of hydrogen-bond donors (Lipinski definition) is 1. The molecule has 0 aliphatic carbocycles. The zero-order chi connectivity index (χ0) is 21.5. The summed E-state index contributed by atoms with van der Waals surface area (Å²) < 4.78 is 0. The van der Waals surface area contributed by atoms with E-state index in [0.29, 0.717) is 18.8 Å². The predicted octanol–water partition coefficient (Wildman–Crippen LogP) is 3.48. The summed E-state index contributed by atoms with van der Waals surface area (Å²) in [6.45, 7) is 2.13. The maximum Gasteiger partial charge on any atom is 0.322 e. The van der Waals surface area contributed by atoms with Gasteiger partial charge in [-0.15, -0.1) is 0 Å². The monoisotopic (exact) mass is 426 g/mol. The molecular formula is C22H26N4O3S. The second-order valence-corrected chi connectivity index (χ2v) is 8.30. The fraction of sp³-hybridized carbons (Fsp3) is 0.318. The van der Waals surface area contributed by atoms with Gasteiger partial charge in [0.15, 0.2) is 0 Å². The van der Waals surface area contributed by atoms with Gasteiger partial charge in [-0.2, -0.15) is 0 Å². The third kappa shape index (κ3) is 6.08. The van der Waals surface area contributed by atoms with Gasteiger partial charge < -0.3 is 15.1 Å². The van der Waals surface area contributed by atoms with E-state index in [-0.39, 0.29) is 29.5 Å². The summed E-state index contributed by atoms with van der Waals surface area (Å²) in [6, 6.07) is 16.9. The van der Waals surface area contributed by atoms with Gasteiger partial charge in [0.05, 0.1) is 12.3 Å². The van der Waals surface area contributed by atoms with Crippen LogP contribution in [0.1, 0.15) is 11.1 Å². The number of carbonyl (C=O) groups excluding carboxylic acids is 3. The van der Waals surface area contributed by atoms with Crippen LogP contribution in [-0.2, 0) is 17.9 Å². The van der Waals surface area contributed by atoms with Crippen molar-refractivity contribution in [3.8, 4) is 0 Å². The molecule has 8 heteroatoms. The van der Waals surface area contributed by atoms with Crippen LogP contribution >= 0.6 is 11.8 Å². The maximum atomic E-state index is 12.9. The molecule has 3 rings (SSSR count). The molecule has 0 radical (unpaired) electrons. The van der Waals surface area contributed by atoms with Gasteiger partial charge in [-0.05, 0) is 37.4 Å². The van der Waals surface area contributed by atoms with Crippen LogP contribution in [0.15, 0.2) is 54.6 Å². The number of thioether (sulfide) groups is 1. The molecule has 0 spiro atoms. The lowest BCUT2D eigenvalue weighted by Gasteiger charge is -2.25. The molecule has 30 heavy (non-hydrogen) atoms. The molecule has 2 aromatic carbocycles. The average Bonchev–Trinajstić information content (AvgIpc) is 3.05. The fourth-order valence-corrected chi connectivity index (χ4v) is 3.71. The zero-order valence-corrected chi connectivity index (χ0v) is 18.0. The van der Waals surface area contributed by atoms with Crippen molar-refractivity contribution in [2.45, 2.75) is 13.1 Å². The van der Waals surface area contributed by atoms with Gasteiger partial charge >= 0.3 is 6.03 Å². The first-order chi connectivity index (χ1) is 14.4. The Bertz CT molecular complexity index is 871. The highest BCUT2D eigenvalue weighted by molar-refractivity contribution is 8.14. The van der Waals surface area contributed by atoms with Crippen LogP contribution in [0.5, 0.6) is 0 Å². The average molecular weight is 427 g/mol. The molecule has 0 atom stereocenters. The van der Waals surface area contributed by atoms with Gasteiger partial charge in [-0.1, -0.05) is 54.2 Å². The Morgan fingerprint density at radius 3 is 2.30 bits per heavy atom. The Labute approximate surface area is 181 Å². The van der Waals surface area contributed by atoms with Gasteiger partial charge in [0.1, 0.15) is 0 Å². The number of hydrogen-bond acceptors (Lipinski definition) is 5. The van der Waals surface area contributed by atoms with Crippen molar-refractivity contribution in [2.24, 2.45) is 0 Å². The predicted molar refractivity (Wildman–Crippen MR) is 119 cm³/mol. The van der Waals surface area contributed by atoms with Crippen LogP contribution in [0, 0.1) is 0 Å². The number of nitrogens with one attached hydrogen (secondary N) is 1. The molecule has 7 nitrogen and oxygen atoms in total. The van der Waals surface area contributed by atoms with Gasteiger partial charge in [0, 0.05) is 25.3 Å². The summed E-state index contributed by atoms with van der Waals surface area (Å²) in [7, 11) is 3.96. The molecule has 1 heterocycles. The van der Waals surface area contributed by atoms with Gasteiger partial charge in [0.25, 0.3) is 5.24 Å². The number of rotatable bonds is 8. The topological polar surface area (TPSA) is 73.0 Å². The molecule has 1 aliphatic rings. The lowest BCUT2D eigenvalue weighted by atomic mass is 10.2. The number of amides is 4. The summed E-state index contributed by atoms with van der Waals surface area (Å²) in [5.41, 5.74) is 2.57. The van der Waals surface area contributed by atoms with Crippen molar-refractivity contribution in [2.75, 3.05) is 38.3 Å². The fourth-order valence-electron chi connectivity index (χ4n) is 2.99. The Morgan fingerprint density at radius 1 is 1.00 bits per heavy atom. The number of likely N-dealkylation sites (N-methyl/N-ethyl adjacent to an activating group) is 1. The summed E-state index contributed by atoms with van der Waals surface area (Å²) in [4.78, 5) is 41.4. The molecule has 4 amide bonds. The van der Waals surface area contributed by atoms with E-state index in [4.69, 9.17) is 0 Å². The van der Waals surface area contributed by atoms with Crippen LogP contribution in [0.3, 0.4) is 0 Å². The highest BCUT2D eigenvalue weighted by Gasteiger charge is 2.29. The smallest absolute Gasteiger partial charge is 0.319 e. The Balaban J connectivity index is 1.62. The first-order valence-electron chi connectivity index (χ1n) is 9.73. The van der Waals surface area contributed by atoms with E-state index in [9.17, 15) is 14.4 Å². The summed E-state index contributed by atoms with van der Waals surface area (Å²) >= 11 is 1.03. The van der Waals surface area contributed by atoms with Gasteiger partial charge in [-0.25, -0.2) is 4.79 Å². The highest BCUT2D eigenvalue weighted by Crippen LogP contribution is 2.22. The molecule has 2 aromatic rings. The molecule has 158 valence electrons. The maximum absolute atomic E-state index is 12.9. The SMILES string of the molecule is CN(C)CCN(Cc1ccccc1)C(=O)Nc1ccc(CN2C(=O)CSC2=O)cc1. The number of imide groups is 1. The minimum Gasteiger partial charge on any atom is -0.319 e. The molecule has 0 unspecified atom stereocenters. The number of benzene rings is 2. The molecule has 0 aromatic heterocycles. The van der Waals surface area contributed by atoms with E-state index >= 15 is 0 Å². The minimum absolute atomic E-state index is 0.167. The molecule has 0 bridgehead atoms. The largest absolute Gasteiger partial charge is 0.322 e. The van der Waals surface area contributed by atoms with Crippen LogP contribution in [0.25, 0.3) is 0 Å². The third-order valence-corrected chi connectivity index (χ3v) is 5.57. The molecule has 1 N–H and O–H groups in total. The number of urea groups is 1. The highest BCUT2D eigenvalue weighted by atomic mass is 32.2. The van der Waals surface area contributed by atoms with Crippen LogP contribution < -0.4 is 5.32 Å². The van der Waals surface area contributed by atoms with Crippen LogP contribution in [0.2, 0.25) is 0 Å². The third-order valence-electron chi connectivity index (χ3n) is 4.71. The zero-order valence-electron chi connectivity index (χ0n) is 17.2. The Kier molecular flexibility index (Phi) is 7.48. The van der Waals surface area contributed by atoms with Crippen molar-refractivity contribution < 1.29 is 14.4 Å². The van der Waals surface area contributed by atoms with Crippen molar-refractivity contribution >= 4 is 34.6 Å². The van der Waals surface area contributed by atoms with Crippen molar-refractivity contribution in [3.05, 3.63) is 65.7 Å². The minimum atomic E-state index is -0.213. The molecular weight excluding hydrogens is 400 g/mol. The summed E-state index contributed by atoms with van der Waals surface area (Å²) in [6.07, 6.45) is 0. The quantitative estimate of drug-likeness (QED) is 0.700. The van der Waals surface area contributed by atoms with E-state index < -0.39 is 0 Å². The number of nitrogens with zero attached hydrogens (tertiary/aromatic N) is 3. The van der Waals surface area contributed by atoms with E-state index in [1.54, 1.807) is 17.0 Å². The summed E-state index contributed by atoms with van der Waals surface area (Å²) in [5, 5.41) is 2.73. The lowest BCUT2D eigenvalue weighted by molar-refractivity contribution is -0.125. The standard InChI is InChI=1S/C22H26N4O3S/c1-24(2)12-13-25(14-17-6-4-3-5-7-17)21(28)23-19-10-8-18(9-11-19)15-26-20(27)16-30-22(26)29/h3-11H,12-16H2,1-2H3,(H,23,28). The van der Waals surface area contributed by atoms with E-state index in [0.717, 1.165) is 29.4 Å². The lowest BCUT2D eigenvalue weighted by Crippen LogP contribution is -2.39. The van der Waals surface area contributed by atoms with Gasteiger partial charge in [0.2, 0.25) is 5.91 Å².